The summed E-state index contributed by atoms with van der Waals surface area (Å²) >= 11 is 6.18. The zero-order valence-corrected chi connectivity index (χ0v) is 12.6. The first-order valence-electron chi connectivity index (χ1n) is 6.73. The van der Waals surface area contributed by atoms with E-state index in [1.54, 1.807) is 6.07 Å². The Labute approximate surface area is 123 Å². The van der Waals surface area contributed by atoms with Crippen LogP contribution in [-0.4, -0.2) is 17.1 Å². The van der Waals surface area contributed by atoms with Gasteiger partial charge in [-0.3, -0.25) is 0 Å². The Morgan fingerprint density at radius 2 is 2.00 bits per heavy atom. The molecule has 0 aliphatic heterocycles. The largest absolute Gasteiger partial charge is 0.458 e. The van der Waals surface area contributed by atoms with Gasteiger partial charge in [-0.1, -0.05) is 43.6 Å². The van der Waals surface area contributed by atoms with Gasteiger partial charge in [0.2, 0.25) is 0 Å². The molecule has 0 spiro atoms. The number of fused-ring (bicyclic) bond motifs is 1. The van der Waals surface area contributed by atoms with Crippen LogP contribution in [0.25, 0.3) is 10.9 Å². The SMILES string of the molecule is CC(C)CC(C)OC(=O)c1cc(Cl)c2ccccc2n1. The molecule has 1 unspecified atom stereocenters. The van der Waals surface area contributed by atoms with Gasteiger partial charge in [-0.15, -0.1) is 0 Å². The van der Waals surface area contributed by atoms with Gasteiger partial charge in [0, 0.05) is 5.39 Å². The van der Waals surface area contributed by atoms with Crippen molar-refractivity contribution in [2.24, 2.45) is 5.92 Å². The number of carbonyl (C=O) groups excluding carboxylic acids is 1. The van der Waals surface area contributed by atoms with Crippen LogP contribution in [0.4, 0.5) is 0 Å². The fourth-order valence-corrected chi connectivity index (χ4v) is 2.46. The van der Waals surface area contributed by atoms with Gasteiger partial charge in [-0.05, 0) is 31.4 Å². The lowest BCUT2D eigenvalue weighted by atomic mass is 10.1. The first-order valence-corrected chi connectivity index (χ1v) is 7.11. The molecule has 3 nitrogen and oxygen atoms in total. The zero-order valence-electron chi connectivity index (χ0n) is 11.9. The minimum atomic E-state index is -0.425. The van der Waals surface area contributed by atoms with Crippen LogP contribution in [0.5, 0.6) is 0 Å². The number of halogens is 1. The van der Waals surface area contributed by atoms with Crippen molar-refractivity contribution in [1.82, 2.24) is 4.98 Å². The van der Waals surface area contributed by atoms with Gasteiger partial charge in [-0.2, -0.15) is 0 Å². The Hall–Kier alpha value is -1.61. The Balaban J connectivity index is 2.22. The van der Waals surface area contributed by atoms with Crippen LogP contribution >= 0.6 is 11.6 Å². The van der Waals surface area contributed by atoms with E-state index in [1.165, 1.54) is 0 Å². The van der Waals surface area contributed by atoms with Gasteiger partial charge < -0.3 is 4.74 Å². The molecule has 0 radical (unpaired) electrons. The van der Waals surface area contributed by atoms with Crippen LogP contribution in [0.3, 0.4) is 0 Å². The van der Waals surface area contributed by atoms with Crippen molar-refractivity contribution in [1.29, 1.82) is 0 Å². The maximum absolute atomic E-state index is 12.1. The van der Waals surface area contributed by atoms with Crippen LogP contribution in [0, 0.1) is 5.92 Å². The van der Waals surface area contributed by atoms with E-state index in [2.05, 4.69) is 18.8 Å². The topological polar surface area (TPSA) is 39.2 Å². The molecule has 0 aliphatic rings. The molecular weight excluding hydrogens is 274 g/mol. The molecule has 1 atom stereocenters. The first kappa shape index (κ1) is 14.8. The summed E-state index contributed by atoms with van der Waals surface area (Å²) in [6, 6.07) is 9.02. The lowest BCUT2D eigenvalue weighted by molar-refractivity contribution is 0.0293. The number of para-hydroxylation sites is 1. The fraction of sp³-hybridized carbons (Fsp3) is 0.375. The van der Waals surface area contributed by atoms with Gasteiger partial charge >= 0.3 is 5.97 Å². The number of carbonyl (C=O) groups is 1. The smallest absolute Gasteiger partial charge is 0.357 e. The van der Waals surface area contributed by atoms with Crippen LogP contribution in [0.1, 0.15) is 37.7 Å². The molecule has 0 aliphatic carbocycles. The molecule has 0 fully saturated rings. The quantitative estimate of drug-likeness (QED) is 0.780. The summed E-state index contributed by atoms with van der Waals surface area (Å²) in [6.45, 7) is 6.07. The highest BCUT2D eigenvalue weighted by molar-refractivity contribution is 6.35. The number of benzene rings is 1. The van der Waals surface area contributed by atoms with E-state index in [0.717, 1.165) is 11.8 Å². The third-order valence-electron chi connectivity index (χ3n) is 2.99. The summed E-state index contributed by atoms with van der Waals surface area (Å²) in [6.07, 6.45) is 0.696. The maximum Gasteiger partial charge on any atom is 0.357 e. The van der Waals surface area contributed by atoms with Crippen molar-refractivity contribution in [3.05, 3.63) is 41.0 Å². The van der Waals surface area contributed by atoms with E-state index >= 15 is 0 Å². The molecule has 20 heavy (non-hydrogen) atoms. The molecule has 1 heterocycles. The summed E-state index contributed by atoms with van der Waals surface area (Å²) in [5, 5.41) is 1.35. The van der Waals surface area contributed by atoms with E-state index in [4.69, 9.17) is 16.3 Å². The number of aromatic nitrogens is 1. The van der Waals surface area contributed by atoms with Crippen LogP contribution in [0.15, 0.2) is 30.3 Å². The van der Waals surface area contributed by atoms with Crippen molar-refractivity contribution in [2.45, 2.75) is 33.3 Å². The van der Waals surface area contributed by atoms with Crippen molar-refractivity contribution < 1.29 is 9.53 Å². The second-order valence-electron chi connectivity index (χ2n) is 5.35. The Bertz CT molecular complexity index is 625. The highest BCUT2D eigenvalue weighted by Crippen LogP contribution is 2.23. The van der Waals surface area contributed by atoms with Crippen molar-refractivity contribution in [3.63, 3.8) is 0 Å². The molecule has 0 N–H and O–H groups in total. The summed E-state index contributed by atoms with van der Waals surface area (Å²) in [4.78, 5) is 16.4. The molecule has 106 valence electrons. The Morgan fingerprint density at radius 1 is 1.30 bits per heavy atom. The van der Waals surface area contributed by atoms with E-state index in [9.17, 15) is 4.79 Å². The normalized spacial score (nSPS) is 12.7. The monoisotopic (exact) mass is 291 g/mol. The lowest BCUT2D eigenvalue weighted by Crippen LogP contribution is -2.17. The zero-order chi connectivity index (χ0) is 14.7. The van der Waals surface area contributed by atoms with Gasteiger partial charge in [-0.25, -0.2) is 9.78 Å². The number of hydrogen-bond acceptors (Lipinski definition) is 3. The molecule has 0 bridgehead atoms. The second kappa shape index (κ2) is 6.23. The van der Waals surface area contributed by atoms with Gasteiger partial charge in [0.25, 0.3) is 0 Å². The molecule has 4 heteroatoms. The van der Waals surface area contributed by atoms with E-state index in [-0.39, 0.29) is 11.8 Å². The summed E-state index contributed by atoms with van der Waals surface area (Å²) in [5.41, 5.74) is 0.952. The first-order chi connectivity index (χ1) is 9.47. The van der Waals surface area contributed by atoms with Gasteiger partial charge in [0.05, 0.1) is 16.6 Å². The van der Waals surface area contributed by atoms with Crippen molar-refractivity contribution in [3.8, 4) is 0 Å². The summed E-state index contributed by atoms with van der Waals surface area (Å²) in [7, 11) is 0. The fourth-order valence-electron chi connectivity index (χ4n) is 2.19. The van der Waals surface area contributed by atoms with Crippen LogP contribution < -0.4 is 0 Å². The molecular formula is C16H18ClNO2. The number of pyridine rings is 1. The van der Waals surface area contributed by atoms with Crippen LogP contribution in [-0.2, 0) is 4.74 Å². The number of esters is 1. The van der Waals surface area contributed by atoms with Crippen LogP contribution in [0.2, 0.25) is 5.02 Å². The highest BCUT2D eigenvalue weighted by atomic mass is 35.5. The number of hydrogen-bond donors (Lipinski definition) is 0. The average molecular weight is 292 g/mol. The van der Waals surface area contributed by atoms with E-state index < -0.39 is 5.97 Å². The van der Waals surface area contributed by atoms with E-state index in [0.29, 0.717) is 16.5 Å². The third kappa shape index (κ3) is 3.48. The highest BCUT2D eigenvalue weighted by Gasteiger charge is 2.16. The molecule has 2 aromatic rings. The number of nitrogens with zero attached hydrogens (tertiary/aromatic N) is 1. The molecule has 0 saturated heterocycles. The minimum absolute atomic E-state index is 0.130. The standard InChI is InChI=1S/C16H18ClNO2/c1-10(2)8-11(3)20-16(19)15-9-13(17)12-6-4-5-7-14(12)18-15/h4-7,9-11H,8H2,1-3H3. The maximum atomic E-state index is 12.1. The minimum Gasteiger partial charge on any atom is -0.458 e. The molecule has 1 aromatic carbocycles. The number of rotatable bonds is 4. The Kier molecular flexibility index (Phi) is 4.61. The van der Waals surface area contributed by atoms with E-state index in [1.807, 2.05) is 31.2 Å². The second-order valence-corrected chi connectivity index (χ2v) is 5.76. The Morgan fingerprint density at radius 3 is 2.70 bits per heavy atom. The summed E-state index contributed by atoms with van der Waals surface area (Å²) < 4.78 is 5.39. The van der Waals surface area contributed by atoms with Crippen molar-refractivity contribution >= 4 is 28.5 Å². The van der Waals surface area contributed by atoms with Crippen molar-refractivity contribution in [2.75, 3.05) is 0 Å². The summed E-state index contributed by atoms with van der Waals surface area (Å²) in [5.74, 6) is 0.0525. The van der Waals surface area contributed by atoms with Gasteiger partial charge in [0.1, 0.15) is 0 Å². The average Bonchev–Trinajstić information content (AvgIpc) is 2.37. The molecule has 0 saturated carbocycles. The van der Waals surface area contributed by atoms with Gasteiger partial charge in [0.15, 0.2) is 5.69 Å². The number of ether oxygens (including phenoxy) is 1. The molecule has 0 amide bonds. The predicted molar refractivity (Wildman–Crippen MR) is 81.1 cm³/mol. The lowest BCUT2D eigenvalue weighted by Gasteiger charge is -2.15. The molecule has 2 rings (SSSR count). The third-order valence-corrected chi connectivity index (χ3v) is 3.30. The predicted octanol–water partition coefficient (Wildman–Crippen LogP) is 4.48. The molecule has 1 aromatic heterocycles.